The van der Waals surface area contributed by atoms with Crippen LogP contribution >= 0.6 is 27.3 Å². The number of hydrogen-bond donors (Lipinski definition) is 1. The van der Waals surface area contributed by atoms with Crippen molar-refractivity contribution in [2.24, 2.45) is 0 Å². The number of nitrogens with one attached hydrogen (secondary N) is 1. The smallest absolute Gasteiger partial charge is 0.271 e. The second-order valence-corrected chi connectivity index (χ2v) is 7.74. The third-order valence-corrected chi connectivity index (χ3v) is 6.13. The molecule has 2 rings (SSSR count). The average Bonchev–Trinajstić information content (AvgIpc) is 2.83. The van der Waals surface area contributed by atoms with Crippen molar-refractivity contribution < 1.29 is 12.8 Å². The number of halogens is 2. The van der Waals surface area contributed by atoms with Gasteiger partial charge in [0.05, 0.1) is 10.2 Å². The molecule has 0 bridgehead atoms. The van der Waals surface area contributed by atoms with Gasteiger partial charge in [-0.1, -0.05) is 6.92 Å². The summed E-state index contributed by atoms with van der Waals surface area (Å²) >= 11 is 4.25. The molecule has 0 fully saturated rings. The molecule has 19 heavy (non-hydrogen) atoms. The summed E-state index contributed by atoms with van der Waals surface area (Å²) in [5, 5.41) is 0. The molecule has 0 amide bonds. The van der Waals surface area contributed by atoms with Gasteiger partial charge >= 0.3 is 0 Å². The molecule has 0 unspecified atom stereocenters. The lowest BCUT2D eigenvalue weighted by Crippen LogP contribution is -2.11. The lowest BCUT2D eigenvalue weighted by molar-refractivity contribution is 0.602. The van der Waals surface area contributed by atoms with Crippen LogP contribution in [0.4, 0.5) is 10.1 Å². The largest absolute Gasteiger partial charge is 0.279 e. The highest BCUT2D eigenvalue weighted by Crippen LogP contribution is 2.26. The van der Waals surface area contributed by atoms with Gasteiger partial charge in [-0.25, -0.2) is 12.8 Å². The number of sulfonamides is 1. The third-order valence-electron chi connectivity index (χ3n) is 2.42. The van der Waals surface area contributed by atoms with E-state index in [1.165, 1.54) is 29.5 Å². The SMILES string of the molecule is CCc1ccc(S(=O)(=O)Nc2ccc(F)c(Br)c2)s1. The van der Waals surface area contributed by atoms with Crippen molar-refractivity contribution >= 4 is 43.0 Å². The molecule has 0 saturated heterocycles. The number of benzene rings is 1. The number of anilines is 1. The second-order valence-electron chi connectivity index (χ2n) is 3.81. The van der Waals surface area contributed by atoms with Crippen LogP contribution in [-0.4, -0.2) is 8.42 Å². The molecule has 1 aromatic heterocycles. The van der Waals surface area contributed by atoms with E-state index in [1.807, 2.05) is 6.92 Å². The Kier molecular flexibility index (Phi) is 4.27. The van der Waals surface area contributed by atoms with Crippen LogP contribution in [0.2, 0.25) is 0 Å². The Balaban J connectivity index is 2.28. The molecule has 0 saturated carbocycles. The minimum absolute atomic E-state index is 0.216. The first-order chi connectivity index (χ1) is 8.92. The Hall–Kier alpha value is -0.920. The number of hydrogen-bond acceptors (Lipinski definition) is 3. The van der Waals surface area contributed by atoms with E-state index in [2.05, 4.69) is 20.7 Å². The van der Waals surface area contributed by atoms with E-state index in [4.69, 9.17) is 0 Å². The zero-order chi connectivity index (χ0) is 14.0. The van der Waals surface area contributed by atoms with Gasteiger partial charge in [0.2, 0.25) is 0 Å². The Morgan fingerprint density at radius 2 is 2.05 bits per heavy atom. The standard InChI is InChI=1S/C12H11BrFNO2S2/c1-2-9-4-6-12(18-9)19(16,17)15-8-3-5-11(14)10(13)7-8/h3-7,15H,2H2,1H3. The molecule has 0 spiro atoms. The van der Waals surface area contributed by atoms with Crippen LogP contribution < -0.4 is 4.72 Å². The fraction of sp³-hybridized carbons (Fsp3) is 0.167. The summed E-state index contributed by atoms with van der Waals surface area (Å²) in [6.45, 7) is 1.97. The molecule has 102 valence electrons. The minimum Gasteiger partial charge on any atom is -0.279 e. The van der Waals surface area contributed by atoms with Gasteiger partial charge in [-0.3, -0.25) is 4.72 Å². The highest BCUT2D eigenvalue weighted by Gasteiger charge is 2.17. The Bertz CT molecular complexity index is 698. The average molecular weight is 364 g/mol. The van der Waals surface area contributed by atoms with Crippen molar-refractivity contribution in [2.45, 2.75) is 17.6 Å². The lowest BCUT2D eigenvalue weighted by Gasteiger charge is -2.06. The highest BCUT2D eigenvalue weighted by atomic mass is 79.9. The molecular weight excluding hydrogens is 353 g/mol. The van der Waals surface area contributed by atoms with Crippen LogP contribution in [0.1, 0.15) is 11.8 Å². The van der Waals surface area contributed by atoms with Gasteiger partial charge in [-0.05, 0) is 52.7 Å². The van der Waals surface area contributed by atoms with Gasteiger partial charge in [0.1, 0.15) is 10.0 Å². The van der Waals surface area contributed by atoms with E-state index < -0.39 is 15.8 Å². The molecule has 0 radical (unpaired) electrons. The fourth-order valence-electron chi connectivity index (χ4n) is 1.46. The van der Waals surface area contributed by atoms with E-state index in [-0.39, 0.29) is 8.68 Å². The summed E-state index contributed by atoms with van der Waals surface area (Å²) in [6.07, 6.45) is 0.794. The summed E-state index contributed by atoms with van der Waals surface area (Å²) in [6, 6.07) is 7.34. The summed E-state index contributed by atoms with van der Waals surface area (Å²) in [5.41, 5.74) is 0.319. The monoisotopic (exact) mass is 363 g/mol. The van der Waals surface area contributed by atoms with Crippen LogP contribution in [0.5, 0.6) is 0 Å². The predicted molar refractivity (Wildman–Crippen MR) is 78.6 cm³/mol. The molecule has 0 aliphatic carbocycles. The Labute approximate surface area is 123 Å². The first-order valence-corrected chi connectivity index (χ1v) is 8.58. The van der Waals surface area contributed by atoms with Crippen molar-refractivity contribution in [3.8, 4) is 0 Å². The Morgan fingerprint density at radius 1 is 1.32 bits per heavy atom. The molecule has 1 N–H and O–H groups in total. The van der Waals surface area contributed by atoms with Gasteiger partial charge in [0.25, 0.3) is 10.0 Å². The first kappa shape index (κ1) is 14.5. The van der Waals surface area contributed by atoms with E-state index in [0.717, 1.165) is 11.3 Å². The van der Waals surface area contributed by atoms with E-state index in [1.54, 1.807) is 12.1 Å². The highest BCUT2D eigenvalue weighted by molar-refractivity contribution is 9.10. The molecule has 2 aromatic rings. The van der Waals surface area contributed by atoms with Crippen LogP contribution in [0.3, 0.4) is 0 Å². The maximum absolute atomic E-state index is 13.1. The number of rotatable bonds is 4. The van der Waals surface area contributed by atoms with Crippen LogP contribution in [-0.2, 0) is 16.4 Å². The molecule has 3 nitrogen and oxygen atoms in total. The predicted octanol–water partition coefficient (Wildman–Crippen LogP) is 4.01. The molecular formula is C12H11BrFNO2S2. The molecule has 0 aliphatic heterocycles. The van der Waals surface area contributed by atoms with Crippen molar-refractivity contribution in [3.05, 3.63) is 45.5 Å². The quantitative estimate of drug-likeness (QED) is 0.891. The van der Waals surface area contributed by atoms with Gasteiger partial charge in [-0.2, -0.15) is 0 Å². The second kappa shape index (κ2) is 5.60. The van der Waals surface area contributed by atoms with E-state index in [0.29, 0.717) is 5.69 Å². The zero-order valence-corrected chi connectivity index (χ0v) is 13.2. The van der Waals surface area contributed by atoms with Crippen molar-refractivity contribution in [3.63, 3.8) is 0 Å². The van der Waals surface area contributed by atoms with E-state index in [9.17, 15) is 12.8 Å². The maximum atomic E-state index is 13.1. The zero-order valence-electron chi connectivity index (χ0n) is 9.98. The normalized spacial score (nSPS) is 11.5. The van der Waals surface area contributed by atoms with Crippen molar-refractivity contribution in [1.82, 2.24) is 0 Å². The molecule has 0 atom stereocenters. The van der Waals surface area contributed by atoms with Gasteiger partial charge in [0, 0.05) is 4.88 Å². The van der Waals surface area contributed by atoms with Crippen LogP contribution in [0.15, 0.2) is 39.0 Å². The van der Waals surface area contributed by atoms with Gasteiger partial charge < -0.3 is 0 Å². The summed E-state index contributed by atoms with van der Waals surface area (Å²) < 4.78 is 40.2. The maximum Gasteiger partial charge on any atom is 0.271 e. The third kappa shape index (κ3) is 3.34. The number of aryl methyl sites for hydroxylation is 1. The molecule has 1 aromatic carbocycles. The van der Waals surface area contributed by atoms with E-state index >= 15 is 0 Å². The summed E-state index contributed by atoms with van der Waals surface area (Å²) in [4.78, 5) is 1.00. The first-order valence-electron chi connectivity index (χ1n) is 5.49. The van der Waals surface area contributed by atoms with Crippen LogP contribution in [0, 0.1) is 5.82 Å². The molecule has 7 heteroatoms. The fourth-order valence-corrected chi connectivity index (χ4v) is 4.18. The molecule has 1 heterocycles. The van der Waals surface area contributed by atoms with Crippen molar-refractivity contribution in [2.75, 3.05) is 4.72 Å². The van der Waals surface area contributed by atoms with Gasteiger partial charge in [-0.15, -0.1) is 11.3 Å². The van der Waals surface area contributed by atoms with Crippen molar-refractivity contribution in [1.29, 1.82) is 0 Å². The van der Waals surface area contributed by atoms with Crippen LogP contribution in [0.25, 0.3) is 0 Å². The molecule has 0 aliphatic rings. The van der Waals surface area contributed by atoms with Gasteiger partial charge in [0.15, 0.2) is 0 Å². The summed E-state index contributed by atoms with van der Waals surface area (Å²) in [7, 11) is -3.61. The lowest BCUT2D eigenvalue weighted by atomic mass is 10.3. The Morgan fingerprint density at radius 3 is 2.63 bits per heavy atom. The summed E-state index contributed by atoms with van der Waals surface area (Å²) in [5.74, 6) is -0.438. The topological polar surface area (TPSA) is 46.2 Å². The minimum atomic E-state index is -3.61. The number of thiophene rings is 1.